The van der Waals surface area contributed by atoms with E-state index in [-0.39, 0.29) is 0 Å². The maximum atomic E-state index is 2.47. The molecule has 0 heterocycles. The summed E-state index contributed by atoms with van der Waals surface area (Å²) in [5.41, 5.74) is 4.38. The third-order valence-corrected chi connectivity index (χ3v) is 4.08. The normalized spacial score (nSPS) is 18.1. The molecule has 0 aliphatic heterocycles. The fourth-order valence-electron chi connectivity index (χ4n) is 3.05. The molecule has 0 unspecified atom stereocenters. The van der Waals surface area contributed by atoms with E-state index in [0.29, 0.717) is 6.04 Å². The van der Waals surface area contributed by atoms with E-state index in [2.05, 4.69) is 72.1 Å². The number of hydrogen-bond donors (Lipinski definition) is 1. The van der Waals surface area contributed by atoms with Crippen LogP contribution in [0.2, 0.25) is 0 Å². The summed E-state index contributed by atoms with van der Waals surface area (Å²) in [6.07, 6.45) is 8.36. The van der Waals surface area contributed by atoms with Crippen molar-refractivity contribution in [2.45, 2.75) is 25.3 Å². The zero-order valence-electron chi connectivity index (χ0n) is 11.8. The molecule has 0 radical (unpaired) electrons. The van der Waals surface area contributed by atoms with Crippen LogP contribution in [-0.4, -0.2) is 6.54 Å². The van der Waals surface area contributed by atoms with Crippen molar-refractivity contribution >= 4 is 6.08 Å². The highest BCUT2D eigenvalue weighted by Crippen LogP contribution is 2.26. The Balaban J connectivity index is 1.59. The molecule has 20 heavy (non-hydrogen) atoms. The SMILES string of the molecule is C(=C\c1ccccc1)/C[NH2+][C@@H]1CCCc2ccccc21. The molecular formula is C19H22N+. The van der Waals surface area contributed by atoms with Crippen LogP contribution in [0.15, 0.2) is 60.7 Å². The molecule has 2 aromatic carbocycles. The van der Waals surface area contributed by atoms with Crippen LogP contribution in [0.5, 0.6) is 0 Å². The van der Waals surface area contributed by atoms with Crippen LogP contribution in [0.1, 0.15) is 35.6 Å². The minimum atomic E-state index is 0.639. The van der Waals surface area contributed by atoms with Gasteiger partial charge in [0.25, 0.3) is 0 Å². The highest BCUT2D eigenvalue weighted by molar-refractivity contribution is 5.48. The maximum Gasteiger partial charge on any atom is 0.112 e. The molecule has 0 amide bonds. The molecule has 1 atom stereocenters. The third kappa shape index (κ3) is 3.17. The van der Waals surface area contributed by atoms with Crippen LogP contribution in [0.3, 0.4) is 0 Å². The predicted octanol–water partition coefficient (Wildman–Crippen LogP) is 3.34. The van der Waals surface area contributed by atoms with Gasteiger partial charge in [0.05, 0.1) is 6.54 Å². The number of hydrogen-bond acceptors (Lipinski definition) is 0. The Bertz CT molecular complexity index is 571. The highest BCUT2D eigenvalue weighted by Gasteiger charge is 2.21. The summed E-state index contributed by atoms with van der Waals surface area (Å²) in [7, 11) is 0. The van der Waals surface area contributed by atoms with Crippen molar-refractivity contribution in [3.63, 3.8) is 0 Å². The number of nitrogens with two attached hydrogens (primary N) is 1. The first kappa shape index (κ1) is 13.1. The lowest BCUT2D eigenvalue weighted by atomic mass is 9.88. The molecule has 0 saturated carbocycles. The van der Waals surface area contributed by atoms with E-state index in [1.54, 1.807) is 11.1 Å². The van der Waals surface area contributed by atoms with Crippen molar-refractivity contribution in [1.82, 2.24) is 0 Å². The molecule has 3 rings (SSSR count). The van der Waals surface area contributed by atoms with E-state index in [9.17, 15) is 0 Å². The standard InChI is InChI=1S/C19H21N/c1-2-8-16(9-3-1)10-7-15-20-19-14-6-12-17-11-4-5-13-18(17)19/h1-5,7-11,13,19-20H,6,12,14-15H2/p+1/b10-7+/t19-/m1/s1. The van der Waals surface area contributed by atoms with Gasteiger partial charge in [0, 0.05) is 12.0 Å². The van der Waals surface area contributed by atoms with E-state index < -0.39 is 0 Å². The quantitative estimate of drug-likeness (QED) is 0.872. The number of benzene rings is 2. The van der Waals surface area contributed by atoms with E-state index in [0.717, 1.165) is 6.54 Å². The number of fused-ring (bicyclic) bond motifs is 1. The number of rotatable bonds is 4. The van der Waals surface area contributed by atoms with Gasteiger partial charge >= 0.3 is 0 Å². The van der Waals surface area contributed by atoms with E-state index >= 15 is 0 Å². The number of aryl methyl sites for hydroxylation is 1. The van der Waals surface area contributed by atoms with E-state index in [4.69, 9.17) is 0 Å². The van der Waals surface area contributed by atoms with Gasteiger partial charge in [-0.1, -0.05) is 60.7 Å². The molecule has 102 valence electrons. The van der Waals surface area contributed by atoms with Gasteiger partial charge in [-0.2, -0.15) is 0 Å². The minimum Gasteiger partial charge on any atom is -0.337 e. The Kier molecular flexibility index (Phi) is 4.29. The van der Waals surface area contributed by atoms with Crippen LogP contribution in [0.4, 0.5) is 0 Å². The lowest BCUT2D eigenvalue weighted by Gasteiger charge is -2.23. The molecular weight excluding hydrogens is 242 g/mol. The van der Waals surface area contributed by atoms with Gasteiger partial charge in [-0.05, 0) is 30.0 Å². The highest BCUT2D eigenvalue weighted by atomic mass is 14.9. The predicted molar refractivity (Wildman–Crippen MR) is 84.4 cm³/mol. The van der Waals surface area contributed by atoms with Gasteiger partial charge < -0.3 is 5.32 Å². The van der Waals surface area contributed by atoms with Crippen molar-refractivity contribution < 1.29 is 5.32 Å². The number of quaternary nitrogens is 1. The molecule has 0 aromatic heterocycles. The van der Waals surface area contributed by atoms with Crippen LogP contribution in [-0.2, 0) is 6.42 Å². The van der Waals surface area contributed by atoms with Gasteiger partial charge in [0.2, 0.25) is 0 Å². The summed E-state index contributed by atoms with van der Waals surface area (Å²) < 4.78 is 0. The average Bonchev–Trinajstić information content (AvgIpc) is 2.53. The molecule has 0 bridgehead atoms. The second kappa shape index (κ2) is 6.53. The summed E-state index contributed by atoms with van der Waals surface area (Å²) in [5, 5.41) is 2.47. The molecule has 0 saturated heterocycles. The molecule has 1 aliphatic carbocycles. The molecule has 1 nitrogen and oxygen atoms in total. The van der Waals surface area contributed by atoms with Crippen LogP contribution < -0.4 is 5.32 Å². The fourth-order valence-corrected chi connectivity index (χ4v) is 3.05. The topological polar surface area (TPSA) is 16.6 Å². The van der Waals surface area contributed by atoms with Crippen molar-refractivity contribution in [1.29, 1.82) is 0 Å². The largest absolute Gasteiger partial charge is 0.337 e. The van der Waals surface area contributed by atoms with E-state index in [1.165, 1.54) is 24.8 Å². The van der Waals surface area contributed by atoms with Crippen molar-refractivity contribution in [3.8, 4) is 0 Å². The summed E-state index contributed by atoms with van der Waals surface area (Å²) in [4.78, 5) is 0. The van der Waals surface area contributed by atoms with Gasteiger partial charge in [0.15, 0.2) is 0 Å². The third-order valence-electron chi connectivity index (χ3n) is 4.08. The summed E-state index contributed by atoms with van der Waals surface area (Å²) in [5.74, 6) is 0. The molecule has 2 N–H and O–H groups in total. The Morgan fingerprint density at radius 1 is 1.00 bits per heavy atom. The zero-order chi connectivity index (χ0) is 13.6. The van der Waals surface area contributed by atoms with Gasteiger partial charge in [-0.25, -0.2) is 0 Å². The van der Waals surface area contributed by atoms with Gasteiger partial charge in [-0.15, -0.1) is 0 Å². The average molecular weight is 264 g/mol. The monoisotopic (exact) mass is 264 g/mol. The first-order chi connectivity index (χ1) is 9.93. The maximum absolute atomic E-state index is 2.47. The zero-order valence-corrected chi connectivity index (χ0v) is 11.8. The lowest BCUT2D eigenvalue weighted by molar-refractivity contribution is -0.689. The molecule has 2 aromatic rings. The molecule has 0 spiro atoms. The first-order valence-corrected chi connectivity index (χ1v) is 7.56. The summed E-state index contributed by atoms with van der Waals surface area (Å²) in [6.45, 7) is 1.05. The molecule has 1 aliphatic rings. The molecule has 1 heteroatoms. The van der Waals surface area contributed by atoms with Crippen molar-refractivity contribution in [2.24, 2.45) is 0 Å². The van der Waals surface area contributed by atoms with Gasteiger partial charge in [-0.3, -0.25) is 0 Å². The Labute approximate surface area is 121 Å². The van der Waals surface area contributed by atoms with Crippen molar-refractivity contribution in [3.05, 3.63) is 77.4 Å². The van der Waals surface area contributed by atoms with Crippen molar-refractivity contribution in [2.75, 3.05) is 6.54 Å². The van der Waals surface area contributed by atoms with Crippen LogP contribution in [0.25, 0.3) is 6.08 Å². The smallest absolute Gasteiger partial charge is 0.112 e. The second-order valence-electron chi connectivity index (χ2n) is 5.48. The van der Waals surface area contributed by atoms with Crippen LogP contribution in [0, 0.1) is 0 Å². The Morgan fingerprint density at radius 3 is 2.70 bits per heavy atom. The Hall–Kier alpha value is -1.86. The fraction of sp³-hybridized carbons (Fsp3) is 0.263. The summed E-state index contributed by atoms with van der Waals surface area (Å²) >= 11 is 0. The summed E-state index contributed by atoms with van der Waals surface area (Å²) in [6, 6.07) is 20.1. The van der Waals surface area contributed by atoms with Crippen LogP contribution >= 0.6 is 0 Å². The lowest BCUT2D eigenvalue weighted by Crippen LogP contribution is -2.85. The second-order valence-corrected chi connectivity index (χ2v) is 5.48. The van der Waals surface area contributed by atoms with E-state index in [1.807, 2.05) is 0 Å². The molecule has 0 fully saturated rings. The van der Waals surface area contributed by atoms with Gasteiger partial charge in [0.1, 0.15) is 6.04 Å². The first-order valence-electron chi connectivity index (χ1n) is 7.56. The minimum absolute atomic E-state index is 0.639. The Morgan fingerprint density at radius 2 is 1.80 bits per heavy atom.